The molecule has 11 heavy (non-hydrogen) atoms. The Kier molecular flexibility index (Phi) is 4.75. The molecule has 0 aliphatic carbocycles. The number of aliphatic imine (C=N–C) groups is 2. The van der Waals surface area contributed by atoms with Crippen LogP contribution in [0.15, 0.2) is 9.98 Å². The van der Waals surface area contributed by atoms with Gasteiger partial charge < -0.3 is 0 Å². The molecule has 0 bridgehead atoms. The van der Waals surface area contributed by atoms with Crippen molar-refractivity contribution >= 4 is 11.9 Å². The molecule has 0 spiro atoms. The van der Waals surface area contributed by atoms with E-state index in [4.69, 9.17) is 0 Å². The summed E-state index contributed by atoms with van der Waals surface area (Å²) in [4.78, 5) is 8.52. The maximum absolute atomic E-state index is 4.27. The summed E-state index contributed by atoms with van der Waals surface area (Å²) in [6, 6.07) is 0. The SMILES string of the molecule is CC(C)=NC(C)/N=C\C(C)C. The van der Waals surface area contributed by atoms with Crippen molar-refractivity contribution in [2.75, 3.05) is 0 Å². The fourth-order valence-corrected chi connectivity index (χ4v) is 0.704. The van der Waals surface area contributed by atoms with Crippen LogP contribution in [-0.2, 0) is 0 Å². The molecule has 0 radical (unpaired) electrons. The monoisotopic (exact) mass is 154 g/mol. The van der Waals surface area contributed by atoms with Gasteiger partial charge in [-0.25, -0.2) is 0 Å². The first-order valence-corrected chi connectivity index (χ1v) is 4.06. The summed E-state index contributed by atoms with van der Waals surface area (Å²) in [6.07, 6.45) is 2.03. The second-order valence-electron chi connectivity index (χ2n) is 3.25. The number of rotatable bonds is 3. The Morgan fingerprint density at radius 1 is 1.18 bits per heavy atom. The van der Waals surface area contributed by atoms with Crippen LogP contribution in [0.1, 0.15) is 34.6 Å². The number of hydrogen-bond acceptors (Lipinski definition) is 2. The van der Waals surface area contributed by atoms with Gasteiger partial charge in [0.2, 0.25) is 0 Å². The molecule has 64 valence electrons. The summed E-state index contributed by atoms with van der Waals surface area (Å²) >= 11 is 0. The molecule has 0 saturated heterocycles. The van der Waals surface area contributed by atoms with E-state index in [1.165, 1.54) is 0 Å². The summed E-state index contributed by atoms with van der Waals surface area (Å²) in [5.74, 6) is 0.518. The van der Waals surface area contributed by atoms with E-state index in [9.17, 15) is 0 Å². The van der Waals surface area contributed by atoms with Crippen LogP contribution in [0.4, 0.5) is 0 Å². The molecule has 2 nitrogen and oxygen atoms in total. The third-order valence-electron chi connectivity index (χ3n) is 1.04. The van der Waals surface area contributed by atoms with Crippen molar-refractivity contribution in [1.82, 2.24) is 0 Å². The van der Waals surface area contributed by atoms with E-state index < -0.39 is 0 Å². The van der Waals surface area contributed by atoms with E-state index in [1.54, 1.807) is 0 Å². The topological polar surface area (TPSA) is 24.7 Å². The molecule has 0 aromatic heterocycles. The van der Waals surface area contributed by atoms with Gasteiger partial charge in [0, 0.05) is 11.9 Å². The van der Waals surface area contributed by atoms with E-state index >= 15 is 0 Å². The molecule has 0 rings (SSSR count). The minimum Gasteiger partial charge on any atom is -0.271 e. The zero-order valence-corrected chi connectivity index (χ0v) is 8.13. The summed E-state index contributed by atoms with van der Waals surface area (Å²) < 4.78 is 0. The molecule has 0 fully saturated rings. The van der Waals surface area contributed by atoms with Gasteiger partial charge >= 0.3 is 0 Å². The van der Waals surface area contributed by atoms with Crippen LogP contribution in [0.3, 0.4) is 0 Å². The van der Waals surface area contributed by atoms with Crippen molar-refractivity contribution in [3.8, 4) is 0 Å². The van der Waals surface area contributed by atoms with Crippen LogP contribution in [0.25, 0.3) is 0 Å². The zero-order valence-electron chi connectivity index (χ0n) is 8.13. The van der Waals surface area contributed by atoms with Gasteiger partial charge in [-0.2, -0.15) is 0 Å². The summed E-state index contributed by atoms with van der Waals surface area (Å²) in [5, 5.41) is 0. The van der Waals surface area contributed by atoms with Crippen LogP contribution in [0, 0.1) is 5.92 Å². The largest absolute Gasteiger partial charge is 0.271 e. The smallest absolute Gasteiger partial charge is 0.136 e. The molecule has 0 aliphatic heterocycles. The average Bonchev–Trinajstić information content (AvgIpc) is 1.82. The van der Waals surface area contributed by atoms with Gasteiger partial charge in [-0.3, -0.25) is 9.98 Å². The third kappa shape index (κ3) is 7.23. The Labute approximate surface area is 69.4 Å². The quantitative estimate of drug-likeness (QED) is 0.558. The highest BCUT2D eigenvalue weighted by atomic mass is 15.0. The van der Waals surface area contributed by atoms with Gasteiger partial charge in [-0.15, -0.1) is 0 Å². The second kappa shape index (κ2) is 5.05. The van der Waals surface area contributed by atoms with Crippen LogP contribution in [0.2, 0.25) is 0 Å². The fourth-order valence-electron chi connectivity index (χ4n) is 0.704. The molecular formula is C9H18N2. The summed E-state index contributed by atoms with van der Waals surface area (Å²) in [7, 11) is 0. The predicted molar refractivity (Wildman–Crippen MR) is 51.6 cm³/mol. The first-order valence-electron chi connectivity index (χ1n) is 4.06. The van der Waals surface area contributed by atoms with Gasteiger partial charge in [-0.1, -0.05) is 13.8 Å². The van der Waals surface area contributed by atoms with Crippen molar-refractivity contribution in [2.45, 2.75) is 40.8 Å². The molecule has 0 amide bonds. The lowest BCUT2D eigenvalue weighted by Crippen LogP contribution is -1.99. The van der Waals surface area contributed by atoms with Gasteiger partial charge in [0.05, 0.1) is 0 Å². The highest BCUT2D eigenvalue weighted by Gasteiger charge is 1.92. The van der Waals surface area contributed by atoms with Crippen molar-refractivity contribution in [1.29, 1.82) is 0 Å². The van der Waals surface area contributed by atoms with E-state index in [-0.39, 0.29) is 6.17 Å². The maximum atomic E-state index is 4.27. The van der Waals surface area contributed by atoms with Gasteiger partial charge in [0.1, 0.15) is 6.17 Å². The second-order valence-corrected chi connectivity index (χ2v) is 3.25. The summed E-state index contributed by atoms with van der Waals surface area (Å²) in [5.41, 5.74) is 1.08. The molecule has 1 atom stereocenters. The van der Waals surface area contributed by atoms with E-state index in [1.807, 2.05) is 27.0 Å². The van der Waals surface area contributed by atoms with E-state index in [0.717, 1.165) is 5.71 Å². The third-order valence-corrected chi connectivity index (χ3v) is 1.04. The Morgan fingerprint density at radius 3 is 2.09 bits per heavy atom. The minimum atomic E-state index is 0.0856. The lowest BCUT2D eigenvalue weighted by Gasteiger charge is -2.00. The normalized spacial score (nSPS) is 14.0. The molecule has 0 aliphatic rings. The Balaban J connectivity index is 3.87. The van der Waals surface area contributed by atoms with Gasteiger partial charge in [0.25, 0.3) is 0 Å². The highest BCUT2D eigenvalue weighted by molar-refractivity contribution is 5.79. The first kappa shape index (κ1) is 10.3. The van der Waals surface area contributed by atoms with Crippen LogP contribution < -0.4 is 0 Å². The molecule has 0 saturated carbocycles. The highest BCUT2D eigenvalue weighted by Crippen LogP contribution is 1.94. The fraction of sp³-hybridized carbons (Fsp3) is 0.778. The molecule has 0 aromatic rings. The Bertz CT molecular complexity index is 153. The molecule has 0 heterocycles. The Morgan fingerprint density at radius 2 is 1.73 bits per heavy atom. The van der Waals surface area contributed by atoms with Crippen LogP contribution >= 0.6 is 0 Å². The van der Waals surface area contributed by atoms with Crippen molar-refractivity contribution < 1.29 is 0 Å². The molecule has 2 heteroatoms. The molecule has 0 N–H and O–H groups in total. The van der Waals surface area contributed by atoms with Crippen molar-refractivity contribution in [3.05, 3.63) is 0 Å². The van der Waals surface area contributed by atoms with E-state index in [0.29, 0.717) is 5.92 Å². The maximum Gasteiger partial charge on any atom is 0.136 e. The van der Waals surface area contributed by atoms with Crippen molar-refractivity contribution in [3.63, 3.8) is 0 Å². The Hall–Kier alpha value is -0.660. The lowest BCUT2D eigenvalue weighted by atomic mass is 10.2. The number of hydrogen-bond donors (Lipinski definition) is 0. The molecular weight excluding hydrogens is 136 g/mol. The standard InChI is InChI=1S/C9H18N2/c1-7(2)6-10-9(5)11-8(3)4/h6-7,9H,1-5H3/b10-6-. The van der Waals surface area contributed by atoms with Crippen LogP contribution in [-0.4, -0.2) is 18.1 Å². The minimum absolute atomic E-state index is 0.0856. The zero-order chi connectivity index (χ0) is 8.85. The first-order chi connectivity index (χ1) is 5.02. The average molecular weight is 154 g/mol. The van der Waals surface area contributed by atoms with Crippen molar-refractivity contribution in [2.24, 2.45) is 15.9 Å². The number of nitrogens with zero attached hydrogens (tertiary/aromatic N) is 2. The molecule has 0 aromatic carbocycles. The predicted octanol–water partition coefficient (Wildman–Crippen LogP) is 2.54. The van der Waals surface area contributed by atoms with Crippen LogP contribution in [0.5, 0.6) is 0 Å². The lowest BCUT2D eigenvalue weighted by molar-refractivity contribution is 0.779. The van der Waals surface area contributed by atoms with E-state index in [2.05, 4.69) is 23.8 Å². The molecule has 1 unspecified atom stereocenters. The van der Waals surface area contributed by atoms with Gasteiger partial charge in [0.15, 0.2) is 0 Å². The van der Waals surface area contributed by atoms with Gasteiger partial charge in [-0.05, 0) is 26.7 Å². The summed E-state index contributed by atoms with van der Waals surface area (Å²) in [6.45, 7) is 10.2.